The monoisotopic (exact) mass is 273 g/mol. The van der Waals surface area contributed by atoms with E-state index < -0.39 is 0 Å². The predicted octanol–water partition coefficient (Wildman–Crippen LogP) is 2.48. The van der Waals surface area contributed by atoms with Gasteiger partial charge in [-0.3, -0.25) is 4.68 Å². The van der Waals surface area contributed by atoms with E-state index in [4.69, 9.17) is 4.74 Å². The zero-order chi connectivity index (χ0) is 14.0. The second-order valence-corrected chi connectivity index (χ2v) is 6.11. The molecule has 0 bridgehead atoms. The maximum absolute atomic E-state index is 5.45. The quantitative estimate of drug-likeness (QED) is 0.930. The third kappa shape index (κ3) is 2.72. The molecule has 1 fully saturated rings. The summed E-state index contributed by atoms with van der Waals surface area (Å²) < 4.78 is 7.41. The second kappa shape index (κ2) is 5.54. The van der Waals surface area contributed by atoms with Gasteiger partial charge >= 0.3 is 0 Å². The number of benzene rings is 1. The van der Waals surface area contributed by atoms with Crippen LogP contribution in [0.25, 0.3) is 10.9 Å². The Morgan fingerprint density at radius 3 is 2.85 bits per heavy atom. The molecule has 0 radical (unpaired) electrons. The molecule has 1 aliphatic heterocycles. The largest absolute Gasteiger partial charge is 0.381 e. The number of nitrogens with one attached hydrogen (secondary N) is 1. The minimum absolute atomic E-state index is 0.364. The fourth-order valence-electron chi connectivity index (χ4n) is 2.94. The molecular formula is C16H23N3O. The molecule has 1 aliphatic rings. The average Bonchev–Trinajstić information content (AvgIpc) is 2.77. The lowest BCUT2D eigenvalue weighted by molar-refractivity contribution is 0.0240. The Bertz CT molecular complexity index is 584. The van der Waals surface area contributed by atoms with Crippen molar-refractivity contribution >= 4 is 10.9 Å². The molecule has 1 aromatic carbocycles. The summed E-state index contributed by atoms with van der Waals surface area (Å²) in [6.07, 6.45) is 2.28. The molecule has 0 spiro atoms. The van der Waals surface area contributed by atoms with E-state index in [1.807, 2.05) is 11.7 Å². The van der Waals surface area contributed by atoms with Crippen molar-refractivity contribution in [3.8, 4) is 0 Å². The molecule has 0 atom stereocenters. The summed E-state index contributed by atoms with van der Waals surface area (Å²) in [5.74, 6) is 0. The maximum Gasteiger partial charge on any atom is 0.0841 e. The van der Waals surface area contributed by atoms with Gasteiger partial charge in [0.05, 0.1) is 11.2 Å². The summed E-state index contributed by atoms with van der Waals surface area (Å²) in [6, 6.07) is 8.40. The van der Waals surface area contributed by atoms with Gasteiger partial charge in [0, 0.05) is 38.7 Å². The number of rotatable bonds is 4. The van der Waals surface area contributed by atoms with Crippen LogP contribution in [0.3, 0.4) is 0 Å². The Balaban J connectivity index is 1.65. The Morgan fingerprint density at radius 2 is 2.05 bits per heavy atom. The Hall–Kier alpha value is -1.39. The van der Waals surface area contributed by atoms with Gasteiger partial charge in [-0.1, -0.05) is 25.1 Å². The van der Waals surface area contributed by atoms with Gasteiger partial charge in [-0.05, 0) is 24.3 Å². The molecule has 1 saturated heterocycles. The van der Waals surface area contributed by atoms with Crippen LogP contribution in [-0.4, -0.2) is 29.5 Å². The Morgan fingerprint density at radius 1 is 1.30 bits per heavy atom. The normalized spacial score (nSPS) is 18.5. The maximum atomic E-state index is 5.45. The van der Waals surface area contributed by atoms with Crippen LogP contribution in [0.2, 0.25) is 0 Å². The summed E-state index contributed by atoms with van der Waals surface area (Å²) in [5, 5.41) is 9.46. The number of ether oxygens (including phenoxy) is 1. The first-order chi connectivity index (χ1) is 9.68. The number of para-hydroxylation sites is 1. The lowest BCUT2D eigenvalue weighted by Gasteiger charge is -2.33. The molecule has 3 rings (SSSR count). The molecule has 2 aromatic rings. The van der Waals surface area contributed by atoms with E-state index in [0.717, 1.165) is 44.8 Å². The third-order valence-corrected chi connectivity index (χ3v) is 4.38. The van der Waals surface area contributed by atoms with Crippen LogP contribution in [0.5, 0.6) is 0 Å². The lowest BCUT2D eigenvalue weighted by atomic mass is 9.82. The number of aromatic nitrogens is 2. The van der Waals surface area contributed by atoms with Crippen LogP contribution >= 0.6 is 0 Å². The minimum Gasteiger partial charge on any atom is -0.381 e. The first-order valence-electron chi connectivity index (χ1n) is 7.37. The molecule has 108 valence electrons. The van der Waals surface area contributed by atoms with Gasteiger partial charge in [-0.2, -0.15) is 5.10 Å². The van der Waals surface area contributed by atoms with Crippen molar-refractivity contribution in [3.63, 3.8) is 0 Å². The number of aryl methyl sites for hydroxylation is 1. The zero-order valence-corrected chi connectivity index (χ0v) is 12.4. The van der Waals surface area contributed by atoms with Gasteiger partial charge in [0.1, 0.15) is 0 Å². The molecule has 1 aromatic heterocycles. The van der Waals surface area contributed by atoms with Crippen LogP contribution in [0.4, 0.5) is 0 Å². The van der Waals surface area contributed by atoms with E-state index in [9.17, 15) is 0 Å². The van der Waals surface area contributed by atoms with E-state index in [-0.39, 0.29) is 0 Å². The smallest absolute Gasteiger partial charge is 0.0841 e. The zero-order valence-electron chi connectivity index (χ0n) is 12.4. The summed E-state index contributed by atoms with van der Waals surface area (Å²) >= 11 is 0. The highest BCUT2D eigenvalue weighted by Gasteiger charge is 2.26. The molecule has 0 saturated carbocycles. The van der Waals surface area contributed by atoms with Crippen molar-refractivity contribution in [1.29, 1.82) is 0 Å². The summed E-state index contributed by atoms with van der Waals surface area (Å²) in [4.78, 5) is 0. The van der Waals surface area contributed by atoms with Crippen molar-refractivity contribution in [1.82, 2.24) is 15.1 Å². The molecule has 0 amide bonds. The van der Waals surface area contributed by atoms with Gasteiger partial charge in [0.2, 0.25) is 0 Å². The topological polar surface area (TPSA) is 39.1 Å². The van der Waals surface area contributed by atoms with Gasteiger partial charge in [0.15, 0.2) is 0 Å². The second-order valence-electron chi connectivity index (χ2n) is 6.11. The molecule has 0 aliphatic carbocycles. The fourth-order valence-corrected chi connectivity index (χ4v) is 2.94. The van der Waals surface area contributed by atoms with E-state index in [1.54, 1.807) is 0 Å². The molecule has 4 nitrogen and oxygen atoms in total. The van der Waals surface area contributed by atoms with Gasteiger partial charge < -0.3 is 10.1 Å². The first kappa shape index (κ1) is 13.6. The van der Waals surface area contributed by atoms with Crippen LogP contribution in [0, 0.1) is 5.41 Å². The number of nitrogens with zero attached hydrogens (tertiary/aromatic N) is 2. The van der Waals surface area contributed by atoms with Crippen molar-refractivity contribution < 1.29 is 4.74 Å². The molecule has 2 heterocycles. The highest BCUT2D eigenvalue weighted by molar-refractivity contribution is 5.81. The SMILES string of the molecule is Cn1nc(CNCC2(C)CCOCC2)c2ccccc21. The van der Waals surface area contributed by atoms with E-state index in [1.165, 1.54) is 10.9 Å². The van der Waals surface area contributed by atoms with Crippen molar-refractivity contribution in [2.24, 2.45) is 12.5 Å². The Labute approximate surface area is 120 Å². The van der Waals surface area contributed by atoms with Crippen LogP contribution in [-0.2, 0) is 18.3 Å². The molecule has 0 unspecified atom stereocenters. The summed E-state index contributed by atoms with van der Waals surface area (Å²) in [6.45, 7) is 5.99. The molecule has 1 N–H and O–H groups in total. The van der Waals surface area contributed by atoms with E-state index >= 15 is 0 Å². The third-order valence-electron chi connectivity index (χ3n) is 4.38. The van der Waals surface area contributed by atoms with E-state index in [0.29, 0.717) is 5.41 Å². The number of fused-ring (bicyclic) bond motifs is 1. The van der Waals surface area contributed by atoms with Crippen LogP contribution in [0.15, 0.2) is 24.3 Å². The lowest BCUT2D eigenvalue weighted by Crippen LogP contribution is -2.36. The van der Waals surface area contributed by atoms with E-state index in [2.05, 4.69) is 41.6 Å². The van der Waals surface area contributed by atoms with Gasteiger partial charge in [-0.15, -0.1) is 0 Å². The standard InChI is InChI=1S/C16H23N3O/c1-16(7-9-20-10-8-16)12-17-11-14-13-5-3-4-6-15(13)19(2)18-14/h3-6,17H,7-12H2,1-2H3. The summed E-state index contributed by atoms with van der Waals surface area (Å²) in [7, 11) is 2.01. The molecular weight excluding hydrogens is 250 g/mol. The van der Waals surface area contributed by atoms with Gasteiger partial charge in [0.25, 0.3) is 0 Å². The van der Waals surface area contributed by atoms with Gasteiger partial charge in [-0.25, -0.2) is 0 Å². The highest BCUT2D eigenvalue weighted by Crippen LogP contribution is 2.28. The first-order valence-corrected chi connectivity index (χ1v) is 7.37. The average molecular weight is 273 g/mol. The minimum atomic E-state index is 0.364. The molecule has 4 heteroatoms. The van der Waals surface area contributed by atoms with Crippen molar-refractivity contribution in [2.45, 2.75) is 26.3 Å². The number of hydrogen-bond acceptors (Lipinski definition) is 3. The Kier molecular flexibility index (Phi) is 3.76. The highest BCUT2D eigenvalue weighted by atomic mass is 16.5. The fraction of sp³-hybridized carbons (Fsp3) is 0.562. The van der Waals surface area contributed by atoms with Crippen LogP contribution in [0.1, 0.15) is 25.5 Å². The van der Waals surface area contributed by atoms with Crippen molar-refractivity contribution in [3.05, 3.63) is 30.0 Å². The van der Waals surface area contributed by atoms with Crippen LogP contribution < -0.4 is 5.32 Å². The number of hydrogen-bond donors (Lipinski definition) is 1. The predicted molar refractivity (Wildman–Crippen MR) is 80.6 cm³/mol. The molecule has 20 heavy (non-hydrogen) atoms. The summed E-state index contributed by atoms with van der Waals surface area (Å²) in [5.41, 5.74) is 2.70. The van der Waals surface area contributed by atoms with Crippen molar-refractivity contribution in [2.75, 3.05) is 19.8 Å².